The van der Waals surface area contributed by atoms with Crippen LogP contribution in [0.4, 0.5) is 0 Å². The van der Waals surface area contributed by atoms with Crippen molar-refractivity contribution in [2.45, 2.75) is 46.5 Å². The zero-order valence-corrected chi connectivity index (χ0v) is 8.41. The molecule has 0 radical (unpaired) electrons. The van der Waals surface area contributed by atoms with Crippen LogP contribution in [0.3, 0.4) is 0 Å². The van der Waals surface area contributed by atoms with Gasteiger partial charge in [0.25, 0.3) is 0 Å². The molecule has 0 saturated carbocycles. The molecule has 0 unspecified atom stereocenters. The van der Waals surface area contributed by atoms with Gasteiger partial charge in [-0.15, -0.1) is 0 Å². The number of hydrogen-bond donors (Lipinski definition) is 1. The first-order valence-electron chi connectivity index (χ1n) is 4.95. The summed E-state index contributed by atoms with van der Waals surface area (Å²) in [4.78, 5) is 3.31. The van der Waals surface area contributed by atoms with Gasteiger partial charge in [-0.2, -0.15) is 0 Å². The van der Waals surface area contributed by atoms with Gasteiger partial charge in [0.15, 0.2) is 0 Å². The average Bonchev–Trinajstić information content (AvgIpc) is 2.37. The molecular weight excluding hydrogens is 146 g/mol. The highest BCUT2D eigenvalue weighted by atomic mass is 14.7. The summed E-state index contributed by atoms with van der Waals surface area (Å²) in [5, 5.41) is 0. The van der Waals surface area contributed by atoms with E-state index in [1.807, 2.05) is 0 Å². The fourth-order valence-electron chi connectivity index (χ4n) is 1.70. The van der Waals surface area contributed by atoms with Crippen molar-refractivity contribution in [3.8, 4) is 0 Å². The first kappa shape index (κ1) is 9.37. The third kappa shape index (κ3) is 1.90. The Labute approximate surface area is 75.2 Å². The maximum Gasteiger partial charge on any atom is 0.0150 e. The second-order valence-corrected chi connectivity index (χ2v) is 3.42. The molecule has 0 bridgehead atoms. The molecule has 0 aliphatic heterocycles. The summed E-state index contributed by atoms with van der Waals surface area (Å²) in [5.41, 5.74) is 4.44. The van der Waals surface area contributed by atoms with Gasteiger partial charge in [-0.05, 0) is 30.9 Å². The monoisotopic (exact) mass is 165 g/mol. The van der Waals surface area contributed by atoms with Gasteiger partial charge < -0.3 is 4.98 Å². The van der Waals surface area contributed by atoms with Crippen molar-refractivity contribution in [3.63, 3.8) is 0 Å². The molecular formula is C11H19N. The lowest BCUT2D eigenvalue weighted by molar-refractivity contribution is 0.863. The number of aromatic nitrogens is 1. The van der Waals surface area contributed by atoms with E-state index in [9.17, 15) is 0 Å². The summed E-state index contributed by atoms with van der Waals surface area (Å²) < 4.78 is 0. The Balaban J connectivity index is 2.80. The van der Waals surface area contributed by atoms with Crippen molar-refractivity contribution < 1.29 is 0 Å². The first-order valence-corrected chi connectivity index (χ1v) is 4.95. The Bertz CT molecular complexity index is 235. The summed E-state index contributed by atoms with van der Waals surface area (Å²) in [5.74, 6) is 0. The highest BCUT2D eigenvalue weighted by Gasteiger charge is 2.05. The Hall–Kier alpha value is -0.720. The Morgan fingerprint density at radius 1 is 1.17 bits per heavy atom. The zero-order chi connectivity index (χ0) is 8.97. The summed E-state index contributed by atoms with van der Waals surface area (Å²) in [6, 6.07) is 0. The van der Waals surface area contributed by atoms with Crippen LogP contribution in [0.1, 0.15) is 43.5 Å². The van der Waals surface area contributed by atoms with Crippen LogP contribution in [-0.2, 0) is 12.8 Å². The van der Waals surface area contributed by atoms with Gasteiger partial charge in [-0.25, -0.2) is 0 Å². The number of H-pyrrole nitrogens is 1. The normalized spacial score (nSPS) is 10.6. The van der Waals surface area contributed by atoms with Crippen LogP contribution < -0.4 is 0 Å². The van der Waals surface area contributed by atoms with E-state index >= 15 is 0 Å². The van der Waals surface area contributed by atoms with Crippen LogP contribution in [0.5, 0.6) is 0 Å². The minimum absolute atomic E-state index is 1.22. The molecule has 0 fully saturated rings. The maximum absolute atomic E-state index is 3.31. The highest BCUT2D eigenvalue weighted by molar-refractivity contribution is 5.30. The number of nitrogens with one attached hydrogen (secondary N) is 1. The van der Waals surface area contributed by atoms with Crippen LogP contribution >= 0.6 is 0 Å². The van der Waals surface area contributed by atoms with Crippen LogP contribution in [0.25, 0.3) is 0 Å². The van der Waals surface area contributed by atoms with Gasteiger partial charge in [0.05, 0.1) is 0 Å². The topological polar surface area (TPSA) is 15.8 Å². The Morgan fingerprint density at radius 3 is 2.42 bits per heavy atom. The van der Waals surface area contributed by atoms with Crippen molar-refractivity contribution in [2.24, 2.45) is 0 Å². The van der Waals surface area contributed by atoms with Gasteiger partial charge >= 0.3 is 0 Å². The largest absolute Gasteiger partial charge is 0.365 e. The predicted octanol–water partition coefficient (Wildman–Crippen LogP) is 3.23. The summed E-state index contributed by atoms with van der Waals surface area (Å²) >= 11 is 0. The third-order valence-corrected chi connectivity index (χ3v) is 2.32. The molecule has 0 atom stereocenters. The van der Waals surface area contributed by atoms with Crippen LogP contribution in [-0.4, -0.2) is 4.98 Å². The maximum atomic E-state index is 3.31. The fourth-order valence-corrected chi connectivity index (χ4v) is 1.70. The quantitative estimate of drug-likeness (QED) is 0.705. The van der Waals surface area contributed by atoms with Gasteiger partial charge in [-0.3, -0.25) is 0 Å². The van der Waals surface area contributed by atoms with Crippen molar-refractivity contribution in [1.82, 2.24) is 4.98 Å². The zero-order valence-electron chi connectivity index (χ0n) is 8.41. The average molecular weight is 165 g/mol. The molecule has 1 rings (SSSR count). The first-order chi connectivity index (χ1) is 5.79. The molecule has 0 aliphatic carbocycles. The van der Waals surface area contributed by atoms with Crippen molar-refractivity contribution in [3.05, 3.63) is 23.0 Å². The lowest BCUT2D eigenvalue weighted by Gasteiger charge is -2.01. The minimum Gasteiger partial charge on any atom is -0.365 e. The SMILES string of the molecule is CCCc1c[nH]c(C)c1CCC. The van der Waals surface area contributed by atoms with E-state index in [2.05, 4.69) is 32.0 Å². The predicted molar refractivity (Wildman–Crippen MR) is 53.5 cm³/mol. The molecule has 0 aromatic carbocycles. The molecule has 1 heteroatoms. The molecule has 1 aromatic rings. The summed E-state index contributed by atoms with van der Waals surface area (Å²) in [6.07, 6.45) is 7.11. The van der Waals surface area contributed by atoms with Gasteiger partial charge in [-0.1, -0.05) is 26.7 Å². The van der Waals surface area contributed by atoms with Crippen molar-refractivity contribution in [1.29, 1.82) is 0 Å². The van der Waals surface area contributed by atoms with E-state index in [4.69, 9.17) is 0 Å². The second-order valence-electron chi connectivity index (χ2n) is 3.42. The van der Waals surface area contributed by atoms with E-state index < -0.39 is 0 Å². The lowest BCUT2D eigenvalue weighted by Crippen LogP contribution is -1.90. The minimum atomic E-state index is 1.22. The Morgan fingerprint density at radius 2 is 1.83 bits per heavy atom. The van der Waals surface area contributed by atoms with Crippen LogP contribution in [0.2, 0.25) is 0 Å². The number of aromatic amines is 1. The molecule has 0 saturated heterocycles. The van der Waals surface area contributed by atoms with Gasteiger partial charge in [0, 0.05) is 11.9 Å². The summed E-state index contributed by atoms with van der Waals surface area (Å²) in [6.45, 7) is 6.64. The summed E-state index contributed by atoms with van der Waals surface area (Å²) in [7, 11) is 0. The van der Waals surface area contributed by atoms with Gasteiger partial charge in [0.1, 0.15) is 0 Å². The molecule has 0 spiro atoms. The molecule has 1 aromatic heterocycles. The molecule has 0 amide bonds. The van der Waals surface area contributed by atoms with E-state index in [0.29, 0.717) is 0 Å². The van der Waals surface area contributed by atoms with E-state index in [1.54, 1.807) is 5.56 Å². The van der Waals surface area contributed by atoms with E-state index in [1.165, 1.54) is 36.9 Å². The smallest absolute Gasteiger partial charge is 0.0150 e. The Kier molecular flexibility index (Phi) is 3.39. The molecule has 1 heterocycles. The number of hydrogen-bond acceptors (Lipinski definition) is 0. The lowest BCUT2D eigenvalue weighted by atomic mass is 10.0. The molecule has 12 heavy (non-hydrogen) atoms. The number of aryl methyl sites for hydroxylation is 2. The molecule has 1 N–H and O–H groups in total. The van der Waals surface area contributed by atoms with E-state index in [-0.39, 0.29) is 0 Å². The number of rotatable bonds is 4. The molecule has 0 aliphatic rings. The molecule has 68 valence electrons. The van der Waals surface area contributed by atoms with Gasteiger partial charge in [0.2, 0.25) is 0 Å². The third-order valence-electron chi connectivity index (χ3n) is 2.32. The fraction of sp³-hybridized carbons (Fsp3) is 0.636. The highest BCUT2D eigenvalue weighted by Crippen LogP contribution is 2.16. The van der Waals surface area contributed by atoms with Crippen LogP contribution in [0.15, 0.2) is 6.20 Å². The standard InChI is InChI=1S/C11H19N/c1-4-6-10-8-12-9(3)11(10)7-5-2/h8,12H,4-7H2,1-3H3. The second kappa shape index (κ2) is 4.34. The van der Waals surface area contributed by atoms with E-state index in [0.717, 1.165) is 0 Å². The molecule has 1 nitrogen and oxygen atoms in total. The van der Waals surface area contributed by atoms with Crippen LogP contribution in [0, 0.1) is 6.92 Å². The van der Waals surface area contributed by atoms with Crippen molar-refractivity contribution >= 4 is 0 Å². The van der Waals surface area contributed by atoms with Crippen molar-refractivity contribution in [2.75, 3.05) is 0 Å².